The van der Waals surface area contributed by atoms with Gasteiger partial charge >= 0.3 is 0 Å². The van der Waals surface area contributed by atoms with Crippen LogP contribution in [0, 0.1) is 0 Å². The number of likely N-dealkylation sites (N-methyl/N-ethyl adjacent to an activating group) is 1. The second-order valence-electron chi connectivity index (χ2n) is 25.5. The van der Waals surface area contributed by atoms with E-state index in [0.717, 1.165) is 11.1 Å². The van der Waals surface area contributed by atoms with Crippen molar-refractivity contribution in [2.45, 2.75) is 11.1 Å². The van der Waals surface area contributed by atoms with E-state index in [1.54, 1.807) is 75.4 Å². The molecule has 29 aromatic rings. The number of nitrogens with zero attached hydrogens (tertiary/aromatic N) is 1. The van der Waals surface area contributed by atoms with Crippen LogP contribution in [0.25, 0.3) is 291 Å². The van der Waals surface area contributed by atoms with Crippen LogP contribution in [0.15, 0.2) is 24.3 Å². The second kappa shape index (κ2) is 6.29. The van der Waals surface area contributed by atoms with Crippen LogP contribution in [0.2, 0.25) is 5.02 Å². The highest BCUT2D eigenvalue weighted by Gasteiger charge is 2.72. The van der Waals surface area contributed by atoms with Gasteiger partial charge in [-0.25, -0.2) is 0 Å². The van der Waals surface area contributed by atoms with E-state index in [-0.39, 0.29) is 5.91 Å². The Kier molecular flexibility index (Phi) is 2.42. The molecule has 4 aliphatic carbocycles. The Hall–Kier alpha value is -8.60. The minimum absolute atomic E-state index is 0.0941. The molecule has 0 bridgehead atoms. The van der Waals surface area contributed by atoms with Crippen LogP contribution in [0.5, 0.6) is 0 Å². The van der Waals surface area contributed by atoms with Crippen LogP contribution in [-0.2, 0) is 11.1 Å². The fourth-order valence-corrected chi connectivity index (χ4v) is 24.9. The molecule has 0 aliphatic heterocycles. The van der Waals surface area contributed by atoms with Crippen molar-refractivity contribution in [2.75, 3.05) is 7.05 Å². The minimum atomic E-state index is -1.60. The van der Waals surface area contributed by atoms with Gasteiger partial charge in [0.25, 0.3) is 5.91 Å². The molecule has 0 saturated carbocycles. The maximum atomic E-state index is 16.4. The molecule has 0 radical (unpaired) electrons. The lowest BCUT2D eigenvalue weighted by molar-refractivity contribution is -0.0481. The molecule has 0 heterocycles. The fraction of sp³-hybridized carbons (Fsp3) is 0.0441. The van der Waals surface area contributed by atoms with E-state index in [0.29, 0.717) is 10.6 Å². The van der Waals surface area contributed by atoms with Crippen molar-refractivity contribution in [3.8, 4) is 0 Å². The predicted molar refractivity (Wildman–Crippen MR) is 300 cm³/mol. The fourth-order valence-electron chi connectivity index (χ4n) is 24.7. The van der Waals surface area contributed by atoms with Gasteiger partial charge in [-0.15, -0.1) is 0 Å². The normalized spacial score (nSPS) is 21.4. The number of halogens is 1. The van der Waals surface area contributed by atoms with Crippen LogP contribution < -0.4 is 0 Å². The summed E-state index contributed by atoms with van der Waals surface area (Å²) in [6.45, 7) is 0. The lowest BCUT2D eigenvalue weighted by atomic mass is 9.58. The van der Waals surface area contributed by atoms with Gasteiger partial charge in [0.05, 0.1) is 0 Å². The first-order valence-corrected chi connectivity index (χ1v) is 26.5. The van der Waals surface area contributed by atoms with E-state index in [2.05, 4.69) is 11.9 Å². The Morgan fingerprint density at radius 1 is 0.333 bits per heavy atom. The number of amides is 1. The first kappa shape index (κ1) is 27.7. The maximum Gasteiger partial charge on any atom is 0.254 e. The summed E-state index contributed by atoms with van der Waals surface area (Å²) in [4.78, 5) is 18.5. The van der Waals surface area contributed by atoms with E-state index in [4.69, 9.17) is 11.6 Å². The lowest BCUT2D eigenvalue weighted by Crippen LogP contribution is -2.62. The van der Waals surface area contributed by atoms with Crippen molar-refractivity contribution in [1.29, 1.82) is 0 Å². The van der Waals surface area contributed by atoms with Crippen LogP contribution in [0.1, 0.15) is 32.6 Å². The average molecular weight is 906 g/mol. The first-order valence-electron chi connectivity index (χ1n) is 26.1. The second-order valence-corrected chi connectivity index (χ2v) is 26.0. The number of aliphatic hydroxyl groups is 1. The quantitative estimate of drug-likeness (QED) is 0.176. The van der Waals surface area contributed by atoms with Crippen LogP contribution in [0.3, 0.4) is 0 Å². The van der Waals surface area contributed by atoms with Crippen molar-refractivity contribution in [1.82, 2.24) is 4.90 Å². The molecular weight excluding hydrogens is 898 g/mol. The van der Waals surface area contributed by atoms with Crippen LogP contribution in [-0.4, -0.2) is 23.0 Å². The molecule has 304 valence electrons. The van der Waals surface area contributed by atoms with Crippen LogP contribution in [0.4, 0.5) is 0 Å². The Morgan fingerprint density at radius 2 is 0.528 bits per heavy atom. The molecule has 1 amide bonds. The molecule has 0 saturated heterocycles. The molecule has 0 unspecified atom stereocenters. The molecule has 33 rings (SSSR count). The molecule has 1 N–H and O–H groups in total. The summed E-state index contributed by atoms with van der Waals surface area (Å²) in [5.74, 6) is -0.0941. The van der Waals surface area contributed by atoms with Gasteiger partial charge in [-0.05, 0) is 309 Å². The number of hydrogen-bond donors (Lipinski definition) is 1. The van der Waals surface area contributed by atoms with E-state index in [1.165, 1.54) is 227 Å². The molecule has 0 spiro atoms. The molecule has 3 nitrogen and oxygen atoms in total. The van der Waals surface area contributed by atoms with Crippen molar-refractivity contribution in [3.05, 3.63) is 57.1 Å². The van der Waals surface area contributed by atoms with Crippen molar-refractivity contribution >= 4 is 308 Å². The van der Waals surface area contributed by atoms with Gasteiger partial charge in [0.15, 0.2) is 0 Å². The Balaban J connectivity index is 1.15. The van der Waals surface area contributed by atoms with Gasteiger partial charge in [-0.2, -0.15) is 0 Å². The van der Waals surface area contributed by atoms with Gasteiger partial charge in [0, 0.05) is 39.9 Å². The number of rotatable bonds is 2. The van der Waals surface area contributed by atoms with Gasteiger partial charge in [-0.3, -0.25) is 4.79 Å². The van der Waals surface area contributed by atoms with Crippen molar-refractivity contribution in [2.24, 2.45) is 0 Å². The van der Waals surface area contributed by atoms with E-state index < -0.39 is 11.1 Å². The monoisotopic (exact) mass is 905 g/mol. The third-order valence-corrected chi connectivity index (χ3v) is 25.3. The summed E-state index contributed by atoms with van der Waals surface area (Å²) >= 11 is 6.87. The first-order chi connectivity index (χ1) is 35.6. The highest BCUT2D eigenvalue weighted by molar-refractivity contribution is 6.82. The summed E-state index contributed by atoms with van der Waals surface area (Å²) in [5.41, 5.74) is 2.30. The molecule has 0 fully saturated rings. The van der Waals surface area contributed by atoms with Gasteiger partial charge in [0.2, 0.25) is 0 Å². The largest absolute Gasteiger partial charge is 0.377 e. The standard InChI is InChI=1S/C68H8ClNO2/c1-70(66(71)6-3-2-4-7(69)5-6)67-62-54-46-36-26-18-10-8-9-12-16-14(10)22-30-24(16)34-28-20(12)21-13(9)17-15-11(8)19(18)27-33-23(15)31-25(17)35-29(21)39-38(28)50-44(34)52-42(30)48(40(46)32(22)26)56(62)58(52)64-60(50)61-51(39)45(35)53-43(31)49-41(33)47(37(27)36)55(54)63(67)57(49)59(53)65(61)68(64,67)72/h2-5,72H,1H3. The summed E-state index contributed by atoms with van der Waals surface area (Å²) < 4.78 is 0. The molecule has 72 heavy (non-hydrogen) atoms. The number of carbonyl (C=O) groups is 1. The number of hydrogen-bond acceptors (Lipinski definition) is 2. The third-order valence-electron chi connectivity index (χ3n) is 25.1. The molecule has 4 aliphatic rings. The molecule has 4 heteroatoms. The SMILES string of the molecule is CN(C(=O)c1cccc(Cl)c1)C12c3c4c5c6c7c8c(c9c%10c1c1c3c3c%11c4c4c5c5c7c7c%12c8c8c9c9c%10c%10c1c1c3c3c%11c%11c4c4c5c7c5c7c%12c8c8c9c9c%10c1c1c3c3c%11c4c5c4c7c8c9c1c34)C62O. The minimum Gasteiger partial charge on any atom is -0.377 e. The highest BCUT2D eigenvalue weighted by atomic mass is 35.5. The molecular formula is C68H8ClNO2. The van der Waals surface area contributed by atoms with Crippen molar-refractivity contribution in [3.63, 3.8) is 0 Å². The molecule has 0 atom stereocenters. The van der Waals surface area contributed by atoms with Gasteiger partial charge in [0.1, 0.15) is 11.1 Å². The Morgan fingerprint density at radius 3 is 0.736 bits per heavy atom. The molecule has 0 aromatic heterocycles. The number of carbonyl (C=O) groups excluding carboxylic acids is 1. The predicted octanol–water partition coefficient (Wildman–Crippen LogP) is 17.6. The average Bonchev–Trinajstić information content (AvgIpc) is 4.27. The Bertz CT molecular complexity index is 7300. The third kappa shape index (κ3) is 1.48. The summed E-state index contributed by atoms with van der Waals surface area (Å²) in [6.07, 6.45) is 0. The van der Waals surface area contributed by atoms with E-state index in [1.807, 2.05) is 24.3 Å². The highest BCUT2D eigenvalue weighted by Crippen LogP contribution is 2.84. The molecule has 29 aromatic carbocycles. The number of benzene rings is 19. The zero-order chi connectivity index (χ0) is 43.6. The van der Waals surface area contributed by atoms with E-state index in [9.17, 15) is 0 Å². The van der Waals surface area contributed by atoms with Gasteiger partial charge < -0.3 is 10.0 Å². The smallest absolute Gasteiger partial charge is 0.254 e. The summed E-state index contributed by atoms with van der Waals surface area (Å²) in [6, 6.07) is 7.59. The summed E-state index contributed by atoms with van der Waals surface area (Å²) in [7, 11) is 2.08. The van der Waals surface area contributed by atoms with Gasteiger partial charge in [-0.1, -0.05) is 17.7 Å². The topological polar surface area (TPSA) is 40.5 Å². The summed E-state index contributed by atoms with van der Waals surface area (Å²) in [5, 5.41) is 96.1. The van der Waals surface area contributed by atoms with Crippen LogP contribution >= 0.6 is 11.6 Å². The van der Waals surface area contributed by atoms with Crippen molar-refractivity contribution < 1.29 is 9.90 Å². The Labute approximate surface area is 396 Å². The lowest BCUT2D eigenvalue weighted by Gasteiger charge is -2.55. The zero-order valence-corrected chi connectivity index (χ0v) is 37.2. The zero-order valence-electron chi connectivity index (χ0n) is 36.5. The maximum absolute atomic E-state index is 16.4. The van der Waals surface area contributed by atoms with E-state index >= 15 is 9.90 Å².